The van der Waals surface area contributed by atoms with Gasteiger partial charge in [0.2, 0.25) is 5.91 Å². The number of hydrogen-bond donors (Lipinski definition) is 2. The third-order valence-corrected chi connectivity index (χ3v) is 7.13. The van der Waals surface area contributed by atoms with Crippen LogP contribution in [-0.4, -0.2) is 53.7 Å². The molecule has 5 rings (SSSR count). The number of likely N-dealkylation sites (tertiary alicyclic amines) is 1. The number of amides is 2. The van der Waals surface area contributed by atoms with E-state index in [0.717, 1.165) is 22.3 Å². The number of piperidine rings is 1. The van der Waals surface area contributed by atoms with Crippen molar-refractivity contribution in [3.8, 4) is 11.1 Å². The average molecular weight is 447 g/mol. The Morgan fingerprint density at radius 2 is 1.64 bits per heavy atom. The van der Waals surface area contributed by atoms with Gasteiger partial charge in [-0.2, -0.15) is 0 Å². The minimum atomic E-state index is -0.795. The molecule has 33 heavy (non-hydrogen) atoms. The Balaban J connectivity index is 1.21. The van der Waals surface area contributed by atoms with Crippen molar-refractivity contribution < 1.29 is 24.2 Å². The predicted octanol–water partition coefficient (Wildman–Crippen LogP) is 3.26. The summed E-state index contributed by atoms with van der Waals surface area (Å²) in [6, 6.07) is 15.4. The molecule has 1 saturated carbocycles. The Bertz CT molecular complexity index is 1070. The first-order chi connectivity index (χ1) is 16.0. The monoisotopic (exact) mass is 446 g/mol. The van der Waals surface area contributed by atoms with Gasteiger partial charge in [-0.3, -0.25) is 9.59 Å². The second-order valence-electron chi connectivity index (χ2n) is 8.98. The number of nitrogens with zero attached hydrogens (tertiary/aromatic N) is 1. The number of carboxylic acids is 1. The van der Waals surface area contributed by atoms with Gasteiger partial charge >= 0.3 is 12.1 Å². The van der Waals surface area contributed by atoms with Crippen LogP contribution < -0.4 is 5.32 Å². The van der Waals surface area contributed by atoms with Gasteiger partial charge in [-0.1, -0.05) is 54.6 Å². The van der Waals surface area contributed by atoms with E-state index in [2.05, 4.69) is 24.0 Å². The molecule has 2 N–H and O–H groups in total. The van der Waals surface area contributed by atoms with Crippen LogP contribution in [0.1, 0.15) is 23.5 Å². The highest BCUT2D eigenvalue weighted by Gasteiger charge is 2.60. The zero-order valence-electron chi connectivity index (χ0n) is 18.1. The normalized spacial score (nSPS) is 23.2. The smallest absolute Gasteiger partial charge is 0.407 e. The number of aliphatic carboxylic acids is 1. The molecule has 0 spiro atoms. The quantitative estimate of drug-likeness (QED) is 0.637. The van der Waals surface area contributed by atoms with Crippen LogP contribution in [0, 0.1) is 17.8 Å². The Morgan fingerprint density at radius 1 is 1.06 bits per heavy atom. The van der Waals surface area contributed by atoms with Gasteiger partial charge in [-0.25, -0.2) is 4.79 Å². The Morgan fingerprint density at radius 3 is 2.18 bits per heavy atom. The van der Waals surface area contributed by atoms with Gasteiger partial charge in [-0.15, -0.1) is 6.58 Å². The zero-order valence-corrected chi connectivity index (χ0v) is 18.1. The molecule has 0 radical (unpaired) electrons. The van der Waals surface area contributed by atoms with Crippen molar-refractivity contribution in [3.63, 3.8) is 0 Å². The fraction of sp³-hybridized carbons (Fsp3) is 0.346. The average Bonchev–Trinajstić information content (AvgIpc) is 3.17. The molecule has 0 bridgehead atoms. The van der Waals surface area contributed by atoms with Crippen LogP contribution in [-0.2, 0) is 14.3 Å². The SMILES string of the molecule is C=CCC(NC(=O)OCC1c2ccccc2-c2ccccc21)C(=O)N1CC2C(C1)C2C(=O)O. The number of hydrogen-bond acceptors (Lipinski definition) is 4. The molecule has 2 amide bonds. The number of benzene rings is 2. The van der Waals surface area contributed by atoms with Crippen LogP contribution in [0.2, 0.25) is 0 Å². The number of carbonyl (C=O) groups is 3. The first-order valence-corrected chi connectivity index (χ1v) is 11.2. The number of rotatable bonds is 7. The fourth-order valence-corrected chi connectivity index (χ4v) is 5.46. The third kappa shape index (κ3) is 3.77. The molecule has 1 aliphatic heterocycles. The van der Waals surface area contributed by atoms with E-state index >= 15 is 0 Å². The van der Waals surface area contributed by atoms with Crippen molar-refractivity contribution in [2.45, 2.75) is 18.4 Å². The summed E-state index contributed by atoms with van der Waals surface area (Å²) >= 11 is 0. The topological polar surface area (TPSA) is 95.9 Å². The minimum Gasteiger partial charge on any atom is -0.481 e. The second kappa shape index (κ2) is 8.39. The molecule has 7 nitrogen and oxygen atoms in total. The van der Waals surface area contributed by atoms with E-state index in [4.69, 9.17) is 4.74 Å². The lowest BCUT2D eigenvalue weighted by molar-refractivity contribution is -0.141. The van der Waals surface area contributed by atoms with Crippen LogP contribution in [0.15, 0.2) is 61.2 Å². The van der Waals surface area contributed by atoms with E-state index in [1.807, 2.05) is 36.4 Å². The number of carbonyl (C=O) groups excluding carboxylic acids is 2. The maximum Gasteiger partial charge on any atom is 0.407 e. The van der Waals surface area contributed by atoms with E-state index in [1.165, 1.54) is 0 Å². The molecular weight excluding hydrogens is 420 g/mol. The van der Waals surface area contributed by atoms with E-state index in [-0.39, 0.29) is 42.6 Å². The van der Waals surface area contributed by atoms with Gasteiger partial charge < -0.3 is 20.1 Å². The van der Waals surface area contributed by atoms with E-state index in [9.17, 15) is 19.5 Å². The Hall–Kier alpha value is -3.61. The van der Waals surface area contributed by atoms with Crippen molar-refractivity contribution in [1.82, 2.24) is 10.2 Å². The van der Waals surface area contributed by atoms with Gasteiger partial charge in [0.1, 0.15) is 12.6 Å². The van der Waals surface area contributed by atoms with Gasteiger partial charge in [-0.05, 0) is 40.5 Å². The maximum atomic E-state index is 13.0. The van der Waals surface area contributed by atoms with E-state index in [0.29, 0.717) is 13.1 Å². The number of carboxylic acid groups (broad SMARTS) is 1. The van der Waals surface area contributed by atoms with Crippen molar-refractivity contribution in [2.75, 3.05) is 19.7 Å². The fourth-order valence-electron chi connectivity index (χ4n) is 5.46. The maximum absolute atomic E-state index is 13.0. The number of fused-ring (bicyclic) bond motifs is 4. The summed E-state index contributed by atoms with van der Waals surface area (Å²) in [7, 11) is 0. The van der Waals surface area contributed by atoms with Crippen molar-refractivity contribution in [3.05, 3.63) is 72.3 Å². The number of ether oxygens (including phenoxy) is 1. The largest absolute Gasteiger partial charge is 0.481 e. The van der Waals surface area contributed by atoms with Crippen LogP contribution in [0.25, 0.3) is 11.1 Å². The first-order valence-electron chi connectivity index (χ1n) is 11.2. The lowest BCUT2D eigenvalue weighted by Crippen LogP contribution is -2.48. The molecule has 3 unspecified atom stereocenters. The summed E-state index contributed by atoms with van der Waals surface area (Å²) in [5.74, 6) is -1.39. The van der Waals surface area contributed by atoms with Crippen molar-refractivity contribution in [2.24, 2.45) is 17.8 Å². The van der Waals surface area contributed by atoms with Crippen LogP contribution in [0.3, 0.4) is 0 Å². The minimum absolute atomic E-state index is 0.0188. The highest BCUT2D eigenvalue weighted by molar-refractivity contribution is 5.87. The predicted molar refractivity (Wildman–Crippen MR) is 121 cm³/mol. The molecule has 170 valence electrons. The van der Waals surface area contributed by atoms with Crippen LogP contribution in [0.5, 0.6) is 0 Å². The summed E-state index contributed by atoms with van der Waals surface area (Å²) in [4.78, 5) is 38.4. The van der Waals surface area contributed by atoms with Crippen molar-refractivity contribution in [1.29, 1.82) is 0 Å². The summed E-state index contributed by atoms with van der Waals surface area (Å²) in [6.45, 7) is 4.70. The highest BCUT2D eigenvalue weighted by atomic mass is 16.5. The zero-order chi connectivity index (χ0) is 23.1. The molecule has 1 heterocycles. The van der Waals surface area contributed by atoms with E-state index < -0.39 is 18.1 Å². The summed E-state index contributed by atoms with van der Waals surface area (Å²) in [6.07, 6.45) is 1.21. The molecule has 0 aromatic heterocycles. The summed E-state index contributed by atoms with van der Waals surface area (Å²) < 4.78 is 5.57. The van der Waals surface area contributed by atoms with Gasteiger partial charge in [0.05, 0.1) is 5.92 Å². The molecule has 2 fully saturated rings. The van der Waals surface area contributed by atoms with Crippen molar-refractivity contribution >= 4 is 18.0 Å². The highest BCUT2D eigenvalue weighted by Crippen LogP contribution is 2.51. The molecule has 3 atom stereocenters. The first kappa shape index (κ1) is 21.2. The summed E-state index contributed by atoms with van der Waals surface area (Å²) in [5.41, 5.74) is 4.53. The van der Waals surface area contributed by atoms with E-state index in [1.54, 1.807) is 11.0 Å². The summed E-state index contributed by atoms with van der Waals surface area (Å²) in [5, 5.41) is 11.9. The van der Waals surface area contributed by atoms with Crippen LogP contribution >= 0.6 is 0 Å². The molecule has 7 heteroatoms. The lowest BCUT2D eigenvalue weighted by Gasteiger charge is -2.25. The molecule has 2 aromatic carbocycles. The number of alkyl carbamates (subject to hydrolysis) is 1. The molecule has 2 aromatic rings. The lowest BCUT2D eigenvalue weighted by atomic mass is 9.98. The molecule has 2 aliphatic carbocycles. The standard InChI is InChI=1S/C26H26N2O5/c1-2-7-22(24(29)28-12-19-20(13-28)23(19)25(30)31)27-26(32)33-14-21-17-10-5-3-8-15(17)16-9-4-6-11-18(16)21/h2-6,8-11,19-23H,1,7,12-14H2,(H,27,32)(H,30,31). The Kier molecular flexibility index (Phi) is 5.40. The number of nitrogens with one attached hydrogen (secondary N) is 1. The molecule has 1 saturated heterocycles. The van der Waals surface area contributed by atoms with Crippen LogP contribution in [0.4, 0.5) is 4.79 Å². The van der Waals surface area contributed by atoms with Gasteiger partial charge in [0.15, 0.2) is 0 Å². The molecular formula is C26H26N2O5. The Labute approximate surface area is 192 Å². The van der Waals surface area contributed by atoms with Gasteiger partial charge in [0, 0.05) is 19.0 Å². The second-order valence-corrected chi connectivity index (χ2v) is 8.98. The third-order valence-electron chi connectivity index (χ3n) is 7.13. The molecule has 3 aliphatic rings. The van der Waals surface area contributed by atoms with Gasteiger partial charge in [0.25, 0.3) is 0 Å².